The number of oxazole rings is 1. The smallest absolute Gasteiger partial charge is 0.422 e. The topological polar surface area (TPSA) is 100 Å². The van der Waals surface area contributed by atoms with E-state index in [0.29, 0.717) is 47.5 Å². The van der Waals surface area contributed by atoms with Crippen LogP contribution in [0.15, 0.2) is 53.2 Å². The molecule has 0 unspecified atom stereocenters. The number of rotatable bonds is 10. The molecule has 2 fully saturated rings. The molecule has 0 N–H and O–H groups in total. The molecule has 3 heterocycles. The Morgan fingerprint density at radius 2 is 1.62 bits per heavy atom. The molecular formula is C40H58N2O7Si. The van der Waals surface area contributed by atoms with E-state index in [-0.39, 0.29) is 30.5 Å². The number of para-hydroxylation sites is 1. The first-order chi connectivity index (χ1) is 23.5. The number of aromatic nitrogens is 1. The molecule has 0 spiro atoms. The summed E-state index contributed by atoms with van der Waals surface area (Å²) in [5.41, 5.74) is 2.92. The molecule has 1 aromatic heterocycles. The summed E-state index contributed by atoms with van der Waals surface area (Å²) in [6.07, 6.45) is 4.16. The van der Waals surface area contributed by atoms with Gasteiger partial charge in [0.05, 0.1) is 30.1 Å². The minimum atomic E-state index is -2.14. The number of imide groups is 1. The monoisotopic (exact) mass is 706 g/mol. The van der Waals surface area contributed by atoms with Crippen LogP contribution < -0.4 is 4.90 Å². The molecule has 10 heteroatoms. The Hall–Kier alpha value is -3.23. The zero-order valence-electron chi connectivity index (χ0n) is 31.8. The van der Waals surface area contributed by atoms with Crippen LogP contribution in [-0.4, -0.2) is 55.3 Å². The molecule has 2 aromatic rings. The van der Waals surface area contributed by atoms with Crippen LogP contribution in [0.25, 0.3) is 0 Å². The Morgan fingerprint density at radius 3 is 2.20 bits per heavy atom. The quantitative estimate of drug-likeness (QED) is 0.137. The Labute approximate surface area is 300 Å². The van der Waals surface area contributed by atoms with Gasteiger partial charge >= 0.3 is 12.0 Å². The van der Waals surface area contributed by atoms with E-state index in [1.807, 2.05) is 13.0 Å². The van der Waals surface area contributed by atoms with Crippen molar-refractivity contribution in [1.82, 2.24) is 4.98 Å². The third kappa shape index (κ3) is 10.2. The van der Waals surface area contributed by atoms with E-state index in [1.54, 1.807) is 51.3 Å². The number of nitrogens with zero attached hydrogens (tertiary/aromatic N) is 2. The number of anilines is 1. The van der Waals surface area contributed by atoms with E-state index >= 15 is 0 Å². The summed E-state index contributed by atoms with van der Waals surface area (Å²) >= 11 is 0. The second kappa shape index (κ2) is 16.9. The Morgan fingerprint density at radius 1 is 0.980 bits per heavy atom. The SMILES string of the molecule is C=C1C[C@H](C[C@@H]2C[C@H](O[Si](C(C)C)(C(C)C)C(C)C)C[C@H](c3coc(C)n3)O2)O[C@@H](CC#CC(=O)N(C(=O)OC(C)(C)C)c2ccccc2)C1. The first kappa shape index (κ1) is 39.6. The first-order valence-corrected chi connectivity index (χ1v) is 20.3. The molecule has 274 valence electrons. The van der Waals surface area contributed by atoms with Crippen LogP contribution in [0.2, 0.25) is 16.6 Å². The molecule has 2 aliphatic rings. The highest BCUT2D eigenvalue weighted by atomic mass is 28.4. The van der Waals surface area contributed by atoms with E-state index in [0.717, 1.165) is 35.4 Å². The van der Waals surface area contributed by atoms with Crippen LogP contribution in [0.5, 0.6) is 0 Å². The summed E-state index contributed by atoms with van der Waals surface area (Å²) in [5, 5.41) is 0. The maximum Gasteiger partial charge on any atom is 0.422 e. The first-order valence-electron chi connectivity index (χ1n) is 18.2. The number of hydrogen-bond acceptors (Lipinski definition) is 8. The third-order valence-corrected chi connectivity index (χ3v) is 15.8. The fourth-order valence-electron chi connectivity index (χ4n) is 7.77. The molecule has 50 heavy (non-hydrogen) atoms. The van der Waals surface area contributed by atoms with Crippen molar-refractivity contribution in [3.63, 3.8) is 0 Å². The standard InChI is InChI=1S/C40H58N2O7Si/c1-26(2)50(27(3)4,28(5)6)49-35-23-34(47-37(24-35)36-25-45-30(8)41-36)22-33-21-29(7)20-32(46-33)18-15-19-38(43)42(31-16-13-12-14-17-31)39(44)48-40(9,10)11/h12-14,16-17,25-28,32-35,37H,7,18,20-24H2,1-6,8-11H3/t32-,33+,34+,35-,37+/m0/s1. The minimum absolute atomic E-state index is 0.0339. The average Bonchev–Trinajstić information content (AvgIpc) is 3.45. The maximum absolute atomic E-state index is 13.3. The molecule has 0 bridgehead atoms. The van der Waals surface area contributed by atoms with Gasteiger partial charge in [0.15, 0.2) is 5.89 Å². The molecule has 2 amide bonds. The van der Waals surface area contributed by atoms with Gasteiger partial charge in [-0.2, -0.15) is 0 Å². The lowest BCUT2D eigenvalue weighted by molar-refractivity contribution is -0.125. The van der Waals surface area contributed by atoms with Gasteiger partial charge in [0, 0.05) is 26.2 Å². The van der Waals surface area contributed by atoms with Crippen molar-refractivity contribution in [3.8, 4) is 11.8 Å². The number of carbonyl (C=O) groups excluding carboxylic acids is 2. The van der Waals surface area contributed by atoms with Crippen molar-refractivity contribution in [3.05, 3.63) is 60.3 Å². The van der Waals surface area contributed by atoms with Crippen molar-refractivity contribution >= 4 is 26.0 Å². The minimum Gasteiger partial charge on any atom is -0.449 e. The van der Waals surface area contributed by atoms with Gasteiger partial charge in [-0.1, -0.05) is 77.8 Å². The van der Waals surface area contributed by atoms with E-state index in [4.69, 9.17) is 23.1 Å². The van der Waals surface area contributed by atoms with Crippen molar-refractivity contribution in [2.24, 2.45) is 0 Å². The normalized spacial score (nSPS) is 23.1. The van der Waals surface area contributed by atoms with Gasteiger partial charge in [0.25, 0.3) is 0 Å². The largest absolute Gasteiger partial charge is 0.449 e. The molecule has 2 saturated heterocycles. The summed E-state index contributed by atoms with van der Waals surface area (Å²) in [6.45, 7) is 25.3. The molecule has 1 aromatic carbocycles. The Bertz CT molecular complexity index is 1500. The summed E-state index contributed by atoms with van der Waals surface area (Å²) in [5.74, 6) is 5.60. The third-order valence-electron chi connectivity index (χ3n) is 9.67. The van der Waals surface area contributed by atoms with Gasteiger partial charge < -0.3 is 23.1 Å². The molecule has 4 rings (SSSR count). The zero-order chi connectivity index (χ0) is 36.8. The summed E-state index contributed by atoms with van der Waals surface area (Å²) in [7, 11) is -2.14. The molecule has 0 aliphatic carbocycles. The van der Waals surface area contributed by atoms with Crippen molar-refractivity contribution in [2.75, 3.05) is 4.90 Å². The van der Waals surface area contributed by atoms with Crippen LogP contribution in [0.4, 0.5) is 10.5 Å². The molecule has 0 saturated carbocycles. The highest BCUT2D eigenvalue weighted by Gasteiger charge is 2.48. The molecule has 0 radical (unpaired) electrons. The van der Waals surface area contributed by atoms with Gasteiger partial charge in [-0.25, -0.2) is 14.7 Å². The lowest BCUT2D eigenvalue weighted by Gasteiger charge is -2.47. The molecule has 5 atom stereocenters. The van der Waals surface area contributed by atoms with Crippen LogP contribution in [0, 0.1) is 18.8 Å². The fraction of sp³-hybridized carbons (Fsp3) is 0.625. The van der Waals surface area contributed by atoms with E-state index in [2.05, 4.69) is 64.9 Å². The second-order valence-corrected chi connectivity index (χ2v) is 21.2. The Balaban J connectivity index is 1.47. The number of ether oxygens (including phenoxy) is 3. The average molecular weight is 707 g/mol. The number of aryl methyl sites for hydroxylation is 1. The van der Waals surface area contributed by atoms with E-state index < -0.39 is 25.9 Å². The van der Waals surface area contributed by atoms with Crippen molar-refractivity contribution < 1.29 is 32.6 Å². The highest BCUT2D eigenvalue weighted by Crippen LogP contribution is 2.46. The van der Waals surface area contributed by atoms with Crippen LogP contribution in [0.3, 0.4) is 0 Å². The van der Waals surface area contributed by atoms with E-state index in [1.165, 1.54) is 0 Å². The number of hydrogen-bond donors (Lipinski definition) is 0. The van der Waals surface area contributed by atoms with Gasteiger partial charge in [0.2, 0.25) is 8.32 Å². The molecule has 2 aliphatic heterocycles. The predicted molar refractivity (Wildman–Crippen MR) is 198 cm³/mol. The van der Waals surface area contributed by atoms with Gasteiger partial charge in [-0.3, -0.25) is 4.79 Å². The molecular weight excluding hydrogens is 649 g/mol. The zero-order valence-corrected chi connectivity index (χ0v) is 32.8. The summed E-state index contributed by atoms with van der Waals surface area (Å²) < 4.78 is 31.7. The summed E-state index contributed by atoms with van der Waals surface area (Å²) in [6, 6.07) is 8.68. The second-order valence-electron chi connectivity index (χ2n) is 15.8. The number of amides is 2. The van der Waals surface area contributed by atoms with E-state index in [9.17, 15) is 9.59 Å². The van der Waals surface area contributed by atoms with Gasteiger partial charge in [-0.15, -0.1) is 0 Å². The number of carbonyl (C=O) groups is 2. The highest BCUT2D eigenvalue weighted by molar-refractivity contribution is 6.77. The Kier molecular flexibility index (Phi) is 13.3. The molecule has 9 nitrogen and oxygen atoms in total. The fourth-order valence-corrected chi connectivity index (χ4v) is 13.4. The predicted octanol–water partition coefficient (Wildman–Crippen LogP) is 9.62. The van der Waals surface area contributed by atoms with Gasteiger partial charge in [-0.05, 0) is 74.7 Å². The summed E-state index contributed by atoms with van der Waals surface area (Å²) in [4.78, 5) is 31.9. The van der Waals surface area contributed by atoms with Crippen molar-refractivity contribution in [2.45, 2.75) is 161 Å². The van der Waals surface area contributed by atoms with Crippen molar-refractivity contribution in [1.29, 1.82) is 0 Å². The maximum atomic E-state index is 13.3. The number of benzene rings is 1. The van der Waals surface area contributed by atoms with Crippen LogP contribution in [-0.2, 0) is 23.4 Å². The van der Waals surface area contributed by atoms with Crippen LogP contribution >= 0.6 is 0 Å². The lowest BCUT2D eigenvalue weighted by Crippen LogP contribution is -2.52. The van der Waals surface area contributed by atoms with Crippen LogP contribution in [0.1, 0.15) is 119 Å². The lowest BCUT2D eigenvalue weighted by atomic mass is 9.91. The van der Waals surface area contributed by atoms with Gasteiger partial charge in [0.1, 0.15) is 23.7 Å².